The van der Waals surface area contributed by atoms with Gasteiger partial charge < -0.3 is 14.4 Å². The average molecular weight is 320 g/mol. The summed E-state index contributed by atoms with van der Waals surface area (Å²) in [6.07, 6.45) is 3.77. The molecule has 0 aromatic heterocycles. The number of amides is 1. The largest absolute Gasteiger partial charge is 0.445 e. The van der Waals surface area contributed by atoms with Crippen LogP contribution >= 0.6 is 0 Å². The van der Waals surface area contributed by atoms with Gasteiger partial charge in [-0.1, -0.05) is 0 Å². The van der Waals surface area contributed by atoms with Gasteiger partial charge in [0.25, 0.3) is 5.69 Å². The highest BCUT2D eigenvalue weighted by molar-refractivity contribution is 5.67. The number of nitrogens with zero attached hydrogens (tertiary/aromatic N) is 2. The first kappa shape index (κ1) is 16.9. The number of carbonyl (C=O) groups is 2. The summed E-state index contributed by atoms with van der Waals surface area (Å²) in [4.78, 5) is 34.5. The summed E-state index contributed by atoms with van der Waals surface area (Å²) >= 11 is 0. The minimum absolute atomic E-state index is 0.00383. The highest BCUT2D eigenvalue weighted by Crippen LogP contribution is 2.26. The minimum Gasteiger partial charge on any atom is -0.445 e. The standard InChI is InChI=1S/C16H20N2O5/c1-17(14-6-2-12(10-19)3-7-14)16(20)23-11-13-4-8-15(9-5-13)18(21)22/h4-5,8-10,12,14H,2-3,6-7,11H2,1H3. The number of hydrogen-bond donors (Lipinski definition) is 0. The normalized spacial score (nSPS) is 20.6. The lowest BCUT2D eigenvalue weighted by Gasteiger charge is -2.32. The van der Waals surface area contributed by atoms with E-state index in [9.17, 15) is 19.7 Å². The average Bonchev–Trinajstić information content (AvgIpc) is 2.59. The lowest BCUT2D eigenvalue weighted by molar-refractivity contribution is -0.384. The molecule has 1 aliphatic carbocycles. The number of ether oxygens (including phenoxy) is 1. The molecule has 0 aliphatic heterocycles. The Morgan fingerprint density at radius 1 is 1.30 bits per heavy atom. The van der Waals surface area contributed by atoms with Gasteiger partial charge in [-0.3, -0.25) is 10.1 Å². The summed E-state index contributed by atoms with van der Waals surface area (Å²) in [7, 11) is 1.70. The van der Waals surface area contributed by atoms with Crippen molar-refractivity contribution < 1.29 is 19.2 Å². The van der Waals surface area contributed by atoms with E-state index in [0.717, 1.165) is 32.0 Å². The van der Waals surface area contributed by atoms with E-state index in [0.29, 0.717) is 5.56 Å². The van der Waals surface area contributed by atoms with Gasteiger partial charge >= 0.3 is 6.09 Å². The van der Waals surface area contributed by atoms with Crippen molar-refractivity contribution in [2.75, 3.05) is 7.05 Å². The minimum atomic E-state index is -0.473. The van der Waals surface area contributed by atoms with Gasteiger partial charge in [0.15, 0.2) is 0 Å². The van der Waals surface area contributed by atoms with E-state index in [1.165, 1.54) is 12.1 Å². The van der Waals surface area contributed by atoms with Crippen LogP contribution in [0.4, 0.5) is 10.5 Å². The summed E-state index contributed by atoms with van der Waals surface area (Å²) in [6, 6.07) is 6.00. The molecule has 1 saturated carbocycles. The van der Waals surface area contributed by atoms with Gasteiger partial charge in [-0.2, -0.15) is 0 Å². The molecule has 0 bridgehead atoms. The molecule has 1 aromatic rings. The van der Waals surface area contributed by atoms with Gasteiger partial charge in [0, 0.05) is 31.1 Å². The van der Waals surface area contributed by atoms with E-state index in [-0.39, 0.29) is 24.3 Å². The van der Waals surface area contributed by atoms with Gasteiger partial charge in [-0.05, 0) is 43.4 Å². The van der Waals surface area contributed by atoms with Crippen molar-refractivity contribution >= 4 is 18.1 Å². The Bertz CT molecular complexity index is 564. The third-order valence-electron chi connectivity index (χ3n) is 4.28. The summed E-state index contributed by atoms with van der Waals surface area (Å²) in [5.41, 5.74) is 0.700. The molecule has 7 heteroatoms. The van der Waals surface area contributed by atoms with E-state index in [2.05, 4.69) is 0 Å². The zero-order valence-electron chi connectivity index (χ0n) is 13.0. The fraction of sp³-hybridized carbons (Fsp3) is 0.500. The highest BCUT2D eigenvalue weighted by Gasteiger charge is 2.27. The lowest BCUT2D eigenvalue weighted by Crippen LogP contribution is -2.39. The van der Waals surface area contributed by atoms with Gasteiger partial charge in [-0.25, -0.2) is 4.79 Å². The molecule has 1 amide bonds. The summed E-state index contributed by atoms with van der Waals surface area (Å²) in [6.45, 7) is 0.0743. The van der Waals surface area contributed by atoms with Crippen molar-refractivity contribution in [1.29, 1.82) is 0 Å². The first-order chi connectivity index (χ1) is 11.0. The van der Waals surface area contributed by atoms with Crippen molar-refractivity contribution in [2.45, 2.75) is 38.3 Å². The van der Waals surface area contributed by atoms with Crippen LogP contribution in [0.1, 0.15) is 31.2 Å². The maximum atomic E-state index is 12.1. The summed E-state index contributed by atoms with van der Waals surface area (Å²) < 4.78 is 5.24. The van der Waals surface area contributed by atoms with E-state index in [1.807, 2.05) is 0 Å². The zero-order chi connectivity index (χ0) is 16.8. The van der Waals surface area contributed by atoms with Crippen LogP contribution in [0.3, 0.4) is 0 Å². The third kappa shape index (κ3) is 4.51. The maximum Gasteiger partial charge on any atom is 0.410 e. The molecule has 1 aromatic carbocycles. The SMILES string of the molecule is CN(C(=O)OCc1ccc([N+](=O)[O-])cc1)C1CCC(C=O)CC1. The van der Waals surface area contributed by atoms with Crippen LogP contribution in [-0.4, -0.2) is 35.3 Å². The fourth-order valence-corrected chi connectivity index (χ4v) is 2.73. The monoisotopic (exact) mass is 320 g/mol. The molecule has 0 radical (unpaired) electrons. The Morgan fingerprint density at radius 3 is 2.43 bits per heavy atom. The second kappa shape index (κ2) is 7.71. The molecule has 7 nitrogen and oxygen atoms in total. The molecule has 124 valence electrons. The number of rotatable bonds is 5. The molecule has 0 heterocycles. The van der Waals surface area contributed by atoms with Crippen LogP contribution in [0.5, 0.6) is 0 Å². The van der Waals surface area contributed by atoms with Gasteiger partial charge in [-0.15, -0.1) is 0 Å². The topological polar surface area (TPSA) is 89.8 Å². The zero-order valence-corrected chi connectivity index (χ0v) is 13.0. The van der Waals surface area contributed by atoms with Crippen molar-refractivity contribution in [3.8, 4) is 0 Å². The number of nitro benzene ring substituents is 1. The van der Waals surface area contributed by atoms with Crippen molar-refractivity contribution in [3.05, 3.63) is 39.9 Å². The van der Waals surface area contributed by atoms with E-state index in [1.54, 1.807) is 24.1 Å². The molecular weight excluding hydrogens is 300 g/mol. The predicted molar refractivity (Wildman–Crippen MR) is 82.9 cm³/mol. The number of hydrogen-bond acceptors (Lipinski definition) is 5. The molecule has 0 unspecified atom stereocenters. The Balaban J connectivity index is 1.82. The Hall–Kier alpha value is -2.44. The smallest absolute Gasteiger partial charge is 0.410 e. The summed E-state index contributed by atoms with van der Waals surface area (Å²) in [5.74, 6) is 0.107. The van der Waals surface area contributed by atoms with Crippen molar-refractivity contribution in [3.63, 3.8) is 0 Å². The van der Waals surface area contributed by atoms with Crippen LogP contribution in [0.2, 0.25) is 0 Å². The van der Waals surface area contributed by atoms with Crippen molar-refractivity contribution in [2.24, 2.45) is 5.92 Å². The Labute approximate surface area is 134 Å². The predicted octanol–water partition coefficient (Wildman–Crippen LogP) is 2.92. The van der Waals surface area contributed by atoms with E-state index < -0.39 is 11.0 Å². The Kier molecular flexibility index (Phi) is 5.67. The maximum absolute atomic E-state index is 12.1. The molecule has 0 N–H and O–H groups in total. The van der Waals surface area contributed by atoms with Crippen LogP contribution in [0.15, 0.2) is 24.3 Å². The summed E-state index contributed by atoms with van der Waals surface area (Å²) in [5, 5.41) is 10.6. The first-order valence-corrected chi connectivity index (χ1v) is 7.59. The first-order valence-electron chi connectivity index (χ1n) is 7.59. The lowest BCUT2D eigenvalue weighted by atomic mass is 9.86. The molecule has 0 spiro atoms. The highest BCUT2D eigenvalue weighted by atomic mass is 16.6. The molecular formula is C16H20N2O5. The number of benzene rings is 1. The molecule has 2 rings (SSSR count). The number of non-ortho nitro benzene ring substituents is 1. The second-order valence-electron chi connectivity index (χ2n) is 5.79. The van der Waals surface area contributed by atoms with E-state index in [4.69, 9.17) is 4.74 Å². The molecule has 23 heavy (non-hydrogen) atoms. The number of aldehydes is 1. The van der Waals surface area contributed by atoms with Gasteiger partial charge in [0.2, 0.25) is 0 Å². The van der Waals surface area contributed by atoms with Crippen LogP contribution < -0.4 is 0 Å². The molecule has 1 fully saturated rings. The van der Waals surface area contributed by atoms with Crippen molar-refractivity contribution in [1.82, 2.24) is 4.90 Å². The molecule has 1 aliphatic rings. The Morgan fingerprint density at radius 2 is 1.91 bits per heavy atom. The number of nitro groups is 1. The fourth-order valence-electron chi connectivity index (χ4n) is 2.73. The second-order valence-corrected chi connectivity index (χ2v) is 5.79. The number of carbonyl (C=O) groups excluding carboxylic acids is 2. The third-order valence-corrected chi connectivity index (χ3v) is 4.28. The van der Waals surface area contributed by atoms with Gasteiger partial charge in [0.05, 0.1) is 4.92 Å². The van der Waals surface area contributed by atoms with E-state index >= 15 is 0 Å². The quantitative estimate of drug-likeness (QED) is 0.473. The molecule has 0 atom stereocenters. The van der Waals surface area contributed by atoms with Crippen LogP contribution in [-0.2, 0) is 16.1 Å². The van der Waals surface area contributed by atoms with Crippen LogP contribution in [0.25, 0.3) is 0 Å². The van der Waals surface area contributed by atoms with Gasteiger partial charge in [0.1, 0.15) is 12.9 Å². The molecule has 0 saturated heterocycles. The van der Waals surface area contributed by atoms with Crippen LogP contribution in [0, 0.1) is 16.0 Å².